The van der Waals surface area contributed by atoms with Gasteiger partial charge in [-0.3, -0.25) is 9.59 Å². The Bertz CT molecular complexity index is 723. The van der Waals surface area contributed by atoms with E-state index in [-0.39, 0.29) is 17.0 Å². The van der Waals surface area contributed by atoms with Crippen molar-refractivity contribution in [3.8, 4) is 0 Å². The van der Waals surface area contributed by atoms with Crippen LogP contribution in [0.1, 0.15) is 30.6 Å². The van der Waals surface area contributed by atoms with Crippen LogP contribution in [0.15, 0.2) is 29.2 Å². The lowest BCUT2D eigenvalue weighted by molar-refractivity contribution is -0.117. The second-order valence-corrected chi connectivity index (χ2v) is 8.38. The SMILES string of the molecule is C[C@H]1C[C@H](C)CN(S(=O)(=O)c2cccc(C(=O)NCC(N)=O)c2)C1. The van der Waals surface area contributed by atoms with E-state index in [2.05, 4.69) is 5.32 Å². The molecule has 2 rings (SSSR count). The molecule has 1 aromatic rings. The number of rotatable bonds is 5. The lowest BCUT2D eigenvalue weighted by Crippen LogP contribution is -2.42. The van der Waals surface area contributed by atoms with Crippen LogP contribution in [0.25, 0.3) is 0 Å². The van der Waals surface area contributed by atoms with Crippen LogP contribution in [-0.4, -0.2) is 44.2 Å². The maximum Gasteiger partial charge on any atom is 0.251 e. The second kappa shape index (κ2) is 7.31. The van der Waals surface area contributed by atoms with Crippen LogP contribution < -0.4 is 11.1 Å². The molecule has 7 nitrogen and oxygen atoms in total. The first-order chi connectivity index (χ1) is 11.2. The van der Waals surface area contributed by atoms with Gasteiger partial charge in [-0.25, -0.2) is 8.42 Å². The molecule has 24 heavy (non-hydrogen) atoms. The van der Waals surface area contributed by atoms with E-state index in [1.165, 1.54) is 28.6 Å². The van der Waals surface area contributed by atoms with Crippen LogP contribution >= 0.6 is 0 Å². The number of nitrogens with zero attached hydrogens (tertiary/aromatic N) is 1. The monoisotopic (exact) mass is 353 g/mol. The highest BCUT2D eigenvalue weighted by molar-refractivity contribution is 7.89. The molecule has 3 N–H and O–H groups in total. The summed E-state index contributed by atoms with van der Waals surface area (Å²) in [5, 5.41) is 2.35. The van der Waals surface area contributed by atoms with E-state index in [9.17, 15) is 18.0 Å². The number of sulfonamides is 1. The van der Waals surface area contributed by atoms with Crippen LogP contribution in [0.4, 0.5) is 0 Å². The van der Waals surface area contributed by atoms with Crippen molar-refractivity contribution in [3.05, 3.63) is 29.8 Å². The number of primary amides is 1. The van der Waals surface area contributed by atoms with Crippen molar-refractivity contribution in [2.24, 2.45) is 17.6 Å². The first-order valence-corrected chi connectivity index (χ1v) is 9.31. The van der Waals surface area contributed by atoms with E-state index >= 15 is 0 Å². The van der Waals surface area contributed by atoms with Gasteiger partial charge >= 0.3 is 0 Å². The van der Waals surface area contributed by atoms with E-state index in [4.69, 9.17) is 5.73 Å². The summed E-state index contributed by atoms with van der Waals surface area (Å²) in [7, 11) is -3.65. The molecule has 2 amide bonds. The number of carbonyl (C=O) groups is 2. The first kappa shape index (κ1) is 18.4. The fraction of sp³-hybridized carbons (Fsp3) is 0.500. The van der Waals surface area contributed by atoms with E-state index in [0.29, 0.717) is 24.9 Å². The minimum atomic E-state index is -3.65. The fourth-order valence-corrected chi connectivity index (χ4v) is 4.74. The van der Waals surface area contributed by atoms with Gasteiger partial charge in [-0.05, 0) is 36.5 Å². The van der Waals surface area contributed by atoms with Crippen molar-refractivity contribution >= 4 is 21.8 Å². The van der Waals surface area contributed by atoms with E-state index < -0.39 is 21.8 Å². The molecule has 0 bridgehead atoms. The van der Waals surface area contributed by atoms with Crippen molar-refractivity contribution in [1.29, 1.82) is 0 Å². The van der Waals surface area contributed by atoms with Gasteiger partial charge in [-0.15, -0.1) is 0 Å². The third-order valence-corrected chi connectivity index (χ3v) is 5.82. The van der Waals surface area contributed by atoms with Gasteiger partial charge in [0.15, 0.2) is 0 Å². The van der Waals surface area contributed by atoms with Crippen molar-refractivity contribution in [1.82, 2.24) is 9.62 Å². The number of benzene rings is 1. The highest BCUT2D eigenvalue weighted by Crippen LogP contribution is 2.26. The number of nitrogens with one attached hydrogen (secondary N) is 1. The van der Waals surface area contributed by atoms with Gasteiger partial charge < -0.3 is 11.1 Å². The number of nitrogens with two attached hydrogens (primary N) is 1. The zero-order chi connectivity index (χ0) is 17.9. The second-order valence-electron chi connectivity index (χ2n) is 6.44. The van der Waals surface area contributed by atoms with Gasteiger partial charge in [0.2, 0.25) is 15.9 Å². The molecule has 0 aromatic heterocycles. The molecule has 1 saturated heterocycles. The van der Waals surface area contributed by atoms with E-state index in [1.807, 2.05) is 13.8 Å². The van der Waals surface area contributed by atoms with Gasteiger partial charge in [-0.2, -0.15) is 4.31 Å². The van der Waals surface area contributed by atoms with Crippen LogP contribution in [0, 0.1) is 11.8 Å². The molecule has 132 valence electrons. The summed E-state index contributed by atoms with van der Waals surface area (Å²) >= 11 is 0. The number of hydrogen-bond acceptors (Lipinski definition) is 4. The molecule has 1 fully saturated rings. The van der Waals surface area contributed by atoms with Crippen molar-refractivity contribution in [2.75, 3.05) is 19.6 Å². The Hall–Kier alpha value is -1.93. The maximum absolute atomic E-state index is 12.8. The highest BCUT2D eigenvalue weighted by atomic mass is 32.2. The molecule has 1 aromatic carbocycles. The molecule has 0 saturated carbocycles. The minimum absolute atomic E-state index is 0.0792. The summed E-state index contributed by atoms with van der Waals surface area (Å²) in [5.74, 6) is -0.606. The van der Waals surface area contributed by atoms with Crippen LogP contribution in [0.3, 0.4) is 0 Å². The summed E-state index contributed by atoms with van der Waals surface area (Å²) in [6, 6.07) is 5.82. The highest BCUT2D eigenvalue weighted by Gasteiger charge is 2.31. The Balaban J connectivity index is 2.23. The van der Waals surface area contributed by atoms with Crippen LogP contribution in [0.2, 0.25) is 0 Å². The number of hydrogen-bond donors (Lipinski definition) is 2. The van der Waals surface area contributed by atoms with Crippen molar-refractivity contribution in [3.63, 3.8) is 0 Å². The molecular formula is C16H23N3O4S. The predicted octanol–water partition coefficient (Wildman–Crippen LogP) is 0.568. The van der Waals surface area contributed by atoms with Crippen LogP contribution in [-0.2, 0) is 14.8 Å². The van der Waals surface area contributed by atoms with Crippen molar-refractivity contribution in [2.45, 2.75) is 25.2 Å². The number of piperidine rings is 1. The Morgan fingerprint density at radius 2 is 1.88 bits per heavy atom. The Morgan fingerprint density at radius 1 is 1.25 bits per heavy atom. The Morgan fingerprint density at radius 3 is 2.46 bits per heavy atom. The van der Waals surface area contributed by atoms with Gasteiger partial charge in [0.25, 0.3) is 5.91 Å². The lowest BCUT2D eigenvalue weighted by Gasteiger charge is -2.34. The number of carbonyl (C=O) groups excluding carboxylic acids is 2. The lowest BCUT2D eigenvalue weighted by atomic mass is 9.94. The van der Waals surface area contributed by atoms with Gasteiger partial charge in [-0.1, -0.05) is 19.9 Å². The molecule has 1 heterocycles. The molecule has 1 aliphatic rings. The minimum Gasteiger partial charge on any atom is -0.368 e. The van der Waals surface area contributed by atoms with E-state index in [1.54, 1.807) is 0 Å². The first-order valence-electron chi connectivity index (χ1n) is 7.87. The summed E-state index contributed by atoms with van der Waals surface area (Å²) in [6.07, 6.45) is 1.00. The molecule has 0 radical (unpaired) electrons. The predicted molar refractivity (Wildman–Crippen MR) is 89.7 cm³/mol. The molecule has 0 unspecified atom stereocenters. The molecule has 0 spiro atoms. The number of amides is 2. The largest absolute Gasteiger partial charge is 0.368 e. The third-order valence-electron chi connectivity index (χ3n) is 3.99. The Kier molecular flexibility index (Phi) is 5.61. The van der Waals surface area contributed by atoms with Crippen molar-refractivity contribution < 1.29 is 18.0 Å². The summed E-state index contributed by atoms with van der Waals surface area (Å²) < 4.78 is 27.2. The summed E-state index contributed by atoms with van der Waals surface area (Å²) in [4.78, 5) is 22.8. The molecule has 8 heteroatoms. The fourth-order valence-electron chi connectivity index (χ4n) is 3.02. The standard InChI is InChI=1S/C16H23N3O4S/c1-11-6-12(2)10-19(9-11)24(22,23)14-5-3-4-13(7-14)16(21)18-8-15(17)20/h3-5,7,11-12H,6,8-10H2,1-2H3,(H2,17,20)(H,18,21)/t11-,12-/m0/s1. The molecule has 0 aliphatic carbocycles. The molecular weight excluding hydrogens is 330 g/mol. The van der Waals surface area contributed by atoms with Gasteiger partial charge in [0.1, 0.15) is 0 Å². The smallest absolute Gasteiger partial charge is 0.251 e. The third kappa shape index (κ3) is 4.33. The average Bonchev–Trinajstić information content (AvgIpc) is 2.51. The quantitative estimate of drug-likeness (QED) is 0.806. The molecule has 1 aliphatic heterocycles. The molecule has 2 atom stereocenters. The normalized spacial score (nSPS) is 22.1. The average molecular weight is 353 g/mol. The van der Waals surface area contributed by atoms with Crippen LogP contribution in [0.5, 0.6) is 0 Å². The topological polar surface area (TPSA) is 110 Å². The maximum atomic E-state index is 12.8. The summed E-state index contributed by atoms with van der Waals surface area (Å²) in [6.45, 7) is 4.73. The van der Waals surface area contributed by atoms with Gasteiger partial charge in [0, 0.05) is 18.7 Å². The van der Waals surface area contributed by atoms with E-state index in [0.717, 1.165) is 6.42 Å². The Labute approximate surface area is 142 Å². The zero-order valence-electron chi connectivity index (χ0n) is 13.9. The zero-order valence-corrected chi connectivity index (χ0v) is 14.7. The van der Waals surface area contributed by atoms with Gasteiger partial charge in [0.05, 0.1) is 11.4 Å². The summed E-state index contributed by atoms with van der Waals surface area (Å²) in [5.41, 5.74) is 5.16.